The molecule has 18 heteroatoms. The van der Waals surface area contributed by atoms with Crippen molar-refractivity contribution >= 4 is 69.2 Å². The minimum Gasteiger partial charge on any atom is -0.391 e. The van der Waals surface area contributed by atoms with Gasteiger partial charge < -0.3 is 25.5 Å². The molecule has 3 aliphatic heterocycles. The van der Waals surface area contributed by atoms with Gasteiger partial charge in [-0.15, -0.1) is 32.9 Å². The van der Waals surface area contributed by atoms with Crippen LogP contribution in [0.15, 0.2) is 77.4 Å². The Labute approximate surface area is 426 Å². The van der Waals surface area contributed by atoms with Gasteiger partial charge in [0.15, 0.2) is 11.6 Å². The van der Waals surface area contributed by atoms with Crippen LogP contribution in [0, 0.1) is 33.1 Å². The van der Waals surface area contributed by atoms with Gasteiger partial charge in [0.05, 0.1) is 58.7 Å². The number of carbonyl (C=O) groups excluding carboxylic acids is 4. The summed E-state index contributed by atoms with van der Waals surface area (Å²) < 4.78 is 2.04. The Balaban J connectivity index is 0.795. The Kier molecular flexibility index (Phi) is 14.4. The Morgan fingerprint density at radius 2 is 1.66 bits per heavy atom. The fourth-order valence-corrected chi connectivity index (χ4v) is 12.0. The number of pyridine rings is 1. The average Bonchev–Trinajstić information content (AvgIpc) is 4.18. The second-order valence-electron chi connectivity index (χ2n) is 20.0. The van der Waals surface area contributed by atoms with Crippen LogP contribution in [-0.4, -0.2) is 108 Å². The largest absolute Gasteiger partial charge is 0.391 e. The first-order chi connectivity index (χ1) is 33.9. The molecule has 2 aromatic carbocycles. The molecule has 3 amide bonds. The molecular formula is C53H59ClN10O5S2. The van der Waals surface area contributed by atoms with Crippen LogP contribution in [0.3, 0.4) is 0 Å². The summed E-state index contributed by atoms with van der Waals surface area (Å²) in [6.45, 7) is 15.0. The van der Waals surface area contributed by atoms with Crippen molar-refractivity contribution in [2.75, 3.05) is 24.5 Å². The van der Waals surface area contributed by atoms with Gasteiger partial charge >= 0.3 is 0 Å². The van der Waals surface area contributed by atoms with E-state index in [1.165, 1.54) is 9.78 Å². The maximum absolute atomic E-state index is 14.3. The standard InChI is InChI=1S/C53H59ClN10O5S2/c1-29-31(3)71-52-46(29)47(34-13-15-36(54)16-14-34)58-41(50-61-60-32(4)64(50)52)24-45(68)57-38-20-21-62(26-38)39-18-17-37(55-25-39)22-44(67)59-49(53(5,6)7)51(69)63-27-40(65)23-42(63)43(66)19-10-33-8-11-35(12-9-33)48-30(2)56-28-70-48/h8-9,11-18,25,28,38,40-42,49,65H,10,19-24,26-27H2,1-7H3,(H,57,68)(H,59,67)/t38-,40+,41-,42-,49+/m0/s1. The predicted octanol–water partition coefficient (Wildman–Crippen LogP) is 7.65. The fourth-order valence-electron chi connectivity index (χ4n) is 9.81. The van der Waals surface area contributed by atoms with Crippen molar-refractivity contribution in [3.05, 3.63) is 128 Å². The second-order valence-corrected chi connectivity index (χ2v) is 22.5. The third kappa shape index (κ3) is 10.7. The molecule has 0 unspecified atom stereocenters. The number of rotatable bonds is 14. The number of nitrogens with one attached hydrogen (secondary N) is 2. The molecule has 2 fully saturated rings. The first-order valence-corrected chi connectivity index (χ1v) is 26.1. The van der Waals surface area contributed by atoms with Crippen molar-refractivity contribution in [2.24, 2.45) is 10.4 Å². The Morgan fingerprint density at radius 3 is 2.35 bits per heavy atom. The topological polar surface area (TPSA) is 188 Å². The van der Waals surface area contributed by atoms with Gasteiger partial charge in [-0.1, -0.05) is 68.8 Å². The summed E-state index contributed by atoms with van der Waals surface area (Å²) in [6.07, 6.45) is 2.52. The zero-order valence-electron chi connectivity index (χ0n) is 41.0. The van der Waals surface area contributed by atoms with Crippen LogP contribution in [0.25, 0.3) is 15.4 Å². The van der Waals surface area contributed by atoms with Crippen molar-refractivity contribution in [3.63, 3.8) is 0 Å². The minimum atomic E-state index is -0.946. The first-order valence-electron chi connectivity index (χ1n) is 24.1. The number of amides is 3. The van der Waals surface area contributed by atoms with Gasteiger partial charge in [-0.2, -0.15) is 0 Å². The number of Topliss-reactive ketones (excluding diaryl/α,β-unsaturated/α-hetero) is 1. The van der Waals surface area contributed by atoms with Gasteiger partial charge in [0.1, 0.15) is 22.9 Å². The van der Waals surface area contributed by atoms with E-state index in [1.54, 1.807) is 34.9 Å². The number of anilines is 1. The molecule has 9 rings (SSSR count). The lowest BCUT2D eigenvalue weighted by atomic mass is 9.85. The summed E-state index contributed by atoms with van der Waals surface area (Å²) in [7, 11) is 0. The molecule has 0 spiro atoms. The lowest BCUT2D eigenvalue weighted by Crippen LogP contribution is -2.57. The highest BCUT2D eigenvalue weighted by Gasteiger charge is 2.44. The van der Waals surface area contributed by atoms with Crippen LogP contribution in [0.4, 0.5) is 5.69 Å². The minimum absolute atomic E-state index is 0.0192. The number of halogens is 1. The predicted molar refractivity (Wildman–Crippen MR) is 278 cm³/mol. The molecule has 0 aliphatic carbocycles. The van der Waals surface area contributed by atoms with Crippen LogP contribution in [-0.2, 0) is 32.0 Å². The summed E-state index contributed by atoms with van der Waals surface area (Å²) in [5.41, 5.74) is 9.41. The molecular weight excluding hydrogens is 956 g/mol. The number of ketones is 1. The number of aromatic nitrogens is 5. The lowest BCUT2D eigenvalue weighted by molar-refractivity contribution is -0.143. The first kappa shape index (κ1) is 49.8. The number of aryl methyl sites for hydroxylation is 4. The fraction of sp³-hybridized carbons (Fsp3) is 0.415. The number of aliphatic hydroxyl groups is 1. The number of thiophene rings is 1. The zero-order chi connectivity index (χ0) is 50.3. The monoisotopic (exact) mass is 1010 g/mol. The number of thiazole rings is 1. The van der Waals surface area contributed by atoms with Crippen molar-refractivity contribution in [2.45, 2.75) is 117 Å². The molecule has 2 saturated heterocycles. The smallest absolute Gasteiger partial charge is 0.246 e. The van der Waals surface area contributed by atoms with Crippen molar-refractivity contribution < 1.29 is 24.3 Å². The summed E-state index contributed by atoms with van der Waals surface area (Å²) in [5.74, 6) is 0.318. The number of carbonyl (C=O) groups is 4. The maximum Gasteiger partial charge on any atom is 0.246 e. The van der Waals surface area contributed by atoms with Gasteiger partial charge in [-0.3, -0.25) is 33.7 Å². The maximum atomic E-state index is 14.3. The van der Waals surface area contributed by atoms with Gasteiger partial charge in [-0.05, 0) is 86.9 Å². The van der Waals surface area contributed by atoms with Gasteiger partial charge in [0.2, 0.25) is 17.7 Å². The van der Waals surface area contributed by atoms with Crippen LogP contribution >= 0.6 is 34.3 Å². The number of hydrogen-bond acceptors (Lipinski definition) is 13. The SMILES string of the molecule is Cc1ncsc1-c1ccc(CCC(=O)[C@@H]2C[C@@H](O)CN2C(=O)[C@@H](NC(=O)Cc2ccc(N3CC[C@H](NC(=O)C[C@@H]4N=C(c5ccc(Cl)cc5)c5c(sc(C)c5C)-n5c(C)nnc54)C3)cn2)C(C)(C)C)cc1. The van der Waals surface area contributed by atoms with Gasteiger partial charge in [0.25, 0.3) is 0 Å². The third-order valence-electron chi connectivity index (χ3n) is 13.8. The van der Waals surface area contributed by atoms with E-state index in [-0.39, 0.29) is 55.9 Å². The van der Waals surface area contributed by atoms with Crippen LogP contribution in [0.2, 0.25) is 5.02 Å². The molecule has 15 nitrogen and oxygen atoms in total. The molecule has 5 atom stereocenters. The number of aliphatic imine (C=N–C) groups is 1. The van der Waals surface area contributed by atoms with Crippen LogP contribution in [0.5, 0.6) is 0 Å². The lowest BCUT2D eigenvalue weighted by Gasteiger charge is -2.35. The Morgan fingerprint density at radius 1 is 0.915 bits per heavy atom. The summed E-state index contributed by atoms with van der Waals surface area (Å²) >= 11 is 9.54. The highest BCUT2D eigenvalue weighted by atomic mass is 35.5. The molecule has 3 aliphatic rings. The van der Waals surface area contributed by atoms with E-state index in [1.807, 2.05) is 99.3 Å². The number of benzene rings is 2. The van der Waals surface area contributed by atoms with E-state index in [0.29, 0.717) is 36.1 Å². The number of hydrogen-bond donors (Lipinski definition) is 3. The quantitative estimate of drug-likeness (QED) is 0.0979. The van der Waals surface area contributed by atoms with Crippen molar-refractivity contribution in [3.8, 4) is 15.4 Å². The van der Waals surface area contributed by atoms with Crippen molar-refractivity contribution in [1.82, 2.24) is 40.3 Å². The molecule has 0 radical (unpaired) electrons. The van der Waals surface area contributed by atoms with Gasteiger partial charge in [-0.25, -0.2) is 4.98 Å². The Bertz CT molecular complexity index is 2990. The number of nitrogens with zero attached hydrogens (tertiary/aromatic N) is 8. The highest BCUT2D eigenvalue weighted by molar-refractivity contribution is 7.15. The zero-order valence-corrected chi connectivity index (χ0v) is 43.4. The van der Waals surface area contributed by atoms with E-state index < -0.39 is 35.6 Å². The van der Waals surface area contributed by atoms with Crippen LogP contribution < -0.4 is 15.5 Å². The number of β-amino-alcohol motifs (C(OH)–C–C–N with tert-alkyl or cyclic N) is 1. The van der Waals surface area contributed by atoms with E-state index >= 15 is 0 Å². The van der Waals surface area contributed by atoms with Crippen molar-refractivity contribution in [1.29, 1.82) is 0 Å². The highest BCUT2D eigenvalue weighted by Crippen LogP contribution is 2.40. The third-order valence-corrected chi connectivity index (χ3v) is 16.2. The molecule has 4 aromatic heterocycles. The number of likely N-dealkylation sites (tertiary alicyclic amines) is 1. The second kappa shape index (κ2) is 20.5. The average molecular weight is 1020 g/mol. The molecule has 0 saturated carbocycles. The van der Waals surface area contributed by atoms with E-state index in [9.17, 15) is 24.3 Å². The summed E-state index contributed by atoms with van der Waals surface area (Å²) in [6, 6.07) is 17.0. The molecule has 3 N–H and O–H groups in total. The number of aliphatic hydroxyl groups excluding tert-OH is 1. The van der Waals surface area contributed by atoms with E-state index in [2.05, 4.69) is 49.5 Å². The molecule has 6 aromatic rings. The summed E-state index contributed by atoms with van der Waals surface area (Å²) in [5, 5.41) is 27.5. The Hall–Kier alpha value is -6.14. The number of fused-ring (bicyclic) bond motifs is 3. The van der Waals surface area contributed by atoms with E-state index in [0.717, 1.165) is 67.0 Å². The molecule has 370 valence electrons. The van der Waals surface area contributed by atoms with E-state index in [4.69, 9.17) is 16.6 Å². The van der Waals surface area contributed by atoms with Crippen LogP contribution in [0.1, 0.15) is 103 Å². The van der Waals surface area contributed by atoms with Gasteiger partial charge in [0, 0.05) is 65.2 Å². The summed E-state index contributed by atoms with van der Waals surface area (Å²) in [4.78, 5) is 75.5. The molecule has 71 heavy (non-hydrogen) atoms. The molecule has 0 bridgehead atoms. The normalized spacial score (nSPS) is 19.2. The molecule has 7 heterocycles.